The van der Waals surface area contributed by atoms with Crippen LogP contribution in [0.25, 0.3) is 0 Å². The van der Waals surface area contributed by atoms with Gasteiger partial charge in [0.1, 0.15) is 5.82 Å². The molecule has 1 saturated heterocycles. The van der Waals surface area contributed by atoms with E-state index < -0.39 is 0 Å². The number of benzene rings is 1. The van der Waals surface area contributed by atoms with Crippen molar-refractivity contribution in [1.82, 2.24) is 5.32 Å². The fraction of sp³-hybridized carbons (Fsp3) is 0.632. The molecule has 1 aliphatic heterocycles. The van der Waals surface area contributed by atoms with E-state index in [4.69, 9.17) is 4.74 Å². The Bertz CT molecular complexity index is 524. The summed E-state index contributed by atoms with van der Waals surface area (Å²) in [5, 5.41) is 12.7. The Morgan fingerprint density at radius 1 is 1.29 bits per heavy atom. The second kappa shape index (κ2) is 8.58. The Balaban J connectivity index is 1.94. The number of halogens is 1. The van der Waals surface area contributed by atoms with E-state index in [-0.39, 0.29) is 35.6 Å². The minimum atomic E-state index is -0.268. The fourth-order valence-corrected chi connectivity index (χ4v) is 3.20. The first kappa shape index (κ1) is 18.9. The molecule has 2 N–H and O–H groups in total. The lowest BCUT2D eigenvalue weighted by atomic mass is 9.80. The summed E-state index contributed by atoms with van der Waals surface area (Å²) >= 11 is 0. The molecule has 1 aromatic carbocycles. The summed E-state index contributed by atoms with van der Waals surface area (Å²) in [5.74, 6) is 0.0221. The molecule has 0 radical (unpaired) electrons. The highest BCUT2D eigenvalue weighted by atomic mass is 19.1. The van der Waals surface area contributed by atoms with Crippen LogP contribution in [0, 0.1) is 17.2 Å². The highest BCUT2D eigenvalue weighted by Gasteiger charge is 2.32. The summed E-state index contributed by atoms with van der Waals surface area (Å²) < 4.78 is 18.5. The molecule has 1 aromatic rings. The van der Waals surface area contributed by atoms with Crippen LogP contribution in [-0.4, -0.2) is 37.4 Å². The lowest BCUT2D eigenvalue weighted by molar-refractivity contribution is -0.123. The third kappa shape index (κ3) is 5.02. The van der Waals surface area contributed by atoms with Gasteiger partial charge in [-0.05, 0) is 42.4 Å². The second-order valence-corrected chi connectivity index (χ2v) is 7.15. The van der Waals surface area contributed by atoms with Crippen molar-refractivity contribution in [1.29, 1.82) is 0 Å². The van der Waals surface area contributed by atoms with Crippen molar-refractivity contribution in [2.24, 2.45) is 11.3 Å². The van der Waals surface area contributed by atoms with Crippen molar-refractivity contribution in [2.45, 2.75) is 39.0 Å². The third-order valence-corrected chi connectivity index (χ3v) is 5.06. The summed E-state index contributed by atoms with van der Waals surface area (Å²) in [7, 11) is 0. The normalized spacial score (nSPS) is 18.4. The van der Waals surface area contributed by atoms with Crippen LogP contribution < -0.4 is 5.32 Å². The molecule has 24 heavy (non-hydrogen) atoms. The van der Waals surface area contributed by atoms with E-state index in [0.717, 1.165) is 18.4 Å². The molecule has 1 fully saturated rings. The van der Waals surface area contributed by atoms with Gasteiger partial charge in [0.15, 0.2) is 0 Å². The van der Waals surface area contributed by atoms with Crippen LogP contribution in [0.1, 0.15) is 44.6 Å². The van der Waals surface area contributed by atoms with Gasteiger partial charge in [-0.3, -0.25) is 4.79 Å². The largest absolute Gasteiger partial charge is 0.396 e. The van der Waals surface area contributed by atoms with Crippen LogP contribution in [0.4, 0.5) is 4.39 Å². The van der Waals surface area contributed by atoms with Gasteiger partial charge in [-0.25, -0.2) is 4.39 Å². The van der Waals surface area contributed by atoms with Gasteiger partial charge in [-0.2, -0.15) is 0 Å². The van der Waals surface area contributed by atoms with E-state index in [1.807, 2.05) is 0 Å². The quantitative estimate of drug-likeness (QED) is 0.804. The zero-order chi connectivity index (χ0) is 17.6. The van der Waals surface area contributed by atoms with Crippen LogP contribution in [0.3, 0.4) is 0 Å². The molecule has 0 saturated carbocycles. The van der Waals surface area contributed by atoms with E-state index in [0.29, 0.717) is 26.2 Å². The average molecular weight is 337 g/mol. The summed E-state index contributed by atoms with van der Waals surface area (Å²) in [5.41, 5.74) is 0.710. The first-order valence-corrected chi connectivity index (χ1v) is 8.66. The first-order chi connectivity index (χ1) is 11.5. The summed E-state index contributed by atoms with van der Waals surface area (Å²) in [6, 6.07) is 6.37. The summed E-state index contributed by atoms with van der Waals surface area (Å²) in [6.07, 6.45) is 1.88. The molecule has 4 nitrogen and oxygen atoms in total. The fourth-order valence-electron chi connectivity index (χ4n) is 3.20. The number of rotatable bonds is 7. The van der Waals surface area contributed by atoms with Crippen LogP contribution >= 0.6 is 0 Å². The Labute approximate surface area is 143 Å². The number of carbonyl (C=O) groups excluding carboxylic acids is 1. The second-order valence-electron chi connectivity index (χ2n) is 7.15. The Morgan fingerprint density at radius 2 is 1.92 bits per heavy atom. The van der Waals surface area contributed by atoms with Gasteiger partial charge >= 0.3 is 0 Å². The lowest BCUT2D eigenvalue weighted by Crippen LogP contribution is -2.44. The van der Waals surface area contributed by atoms with Crippen LogP contribution in [0.5, 0.6) is 0 Å². The van der Waals surface area contributed by atoms with Gasteiger partial charge in [0.25, 0.3) is 0 Å². The Morgan fingerprint density at radius 3 is 2.46 bits per heavy atom. The van der Waals surface area contributed by atoms with Gasteiger partial charge in [-0.1, -0.05) is 26.0 Å². The smallest absolute Gasteiger partial charge is 0.220 e. The Hall–Kier alpha value is -1.46. The SMILES string of the molecule is CC(C)C(CC(=O)NCC1(CO)CCOCC1)c1ccc(F)cc1. The van der Waals surface area contributed by atoms with Crippen LogP contribution in [0.15, 0.2) is 24.3 Å². The predicted molar refractivity (Wildman–Crippen MR) is 91.2 cm³/mol. The van der Waals surface area contributed by atoms with Gasteiger partial charge in [-0.15, -0.1) is 0 Å². The minimum Gasteiger partial charge on any atom is -0.396 e. The molecular formula is C19H28FNO3. The van der Waals surface area contributed by atoms with Crippen molar-refractivity contribution < 1.29 is 19.0 Å². The molecule has 0 spiro atoms. The number of hydrogen-bond donors (Lipinski definition) is 2. The monoisotopic (exact) mass is 337 g/mol. The van der Waals surface area contributed by atoms with Crippen LogP contribution in [-0.2, 0) is 9.53 Å². The zero-order valence-corrected chi connectivity index (χ0v) is 14.6. The number of nitrogens with one attached hydrogen (secondary N) is 1. The number of aliphatic hydroxyl groups is 1. The number of carbonyl (C=O) groups is 1. The standard InChI is InChI=1S/C19H28FNO3/c1-14(2)17(15-3-5-16(20)6-4-15)11-18(23)21-12-19(13-22)7-9-24-10-8-19/h3-6,14,17,22H,7-13H2,1-2H3,(H,21,23). The van der Waals surface area contributed by atoms with Crippen molar-refractivity contribution in [3.63, 3.8) is 0 Å². The minimum absolute atomic E-state index is 0.0302. The molecule has 1 heterocycles. The van der Waals surface area contributed by atoms with Crippen LogP contribution in [0.2, 0.25) is 0 Å². The van der Waals surface area contributed by atoms with E-state index in [1.165, 1.54) is 12.1 Å². The molecule has 1 unspecified atom stereocenters. The zero-order valence-electron chi connectivity index (χ0n) is 14.6. The van der Waals surface area contributed by atoms with E-state index >= 15 is 0 Å². The molecule has 1 aliphatic rings. The number of aliphatic hydroxyl groups excluding tert-OH is 1. The van der Waals surface area contributed by atoms with Crippen molar-refractivity contribution >= 4 is 5.91 Å². The van der Waals surface area contributed by atoms with Crippen molar-refractivity contribution in [3.8, 4) is 0 Å². The van der Waals surface area contributed by atoms with Gasteiger partial charge in [0.2, 0.25) is 5.91 Å². The molecule has 0 aliphatic carbocycles. The van der Waals surface area contributed by atoms with Gasteiger partial charge in [0.05, 0.1) is 6.61 Å². The molecule has 5 heteroatoms. The molecule has 0 aromatic heterocycles. The Kier molecular flexibility index (Phi) is 6.75. The topological polar surface area (TPSA) is 58.6 Å². The molecule has 1 atom stereocenters. The maximum atomic E-state index is 13.1. The van der Waals surface area contributed by atoms with E-state index in [1.54, 1.807) is 12.1 Å². The summed E-state index contributed by atoms with van der Waals surface area (Å²) in [6.45, 7) is 5.91. The highest BCUT2D eigenvalue weighted by molar-refractivity contribution is 5.77. The predicted octanol–water partition coefficient (Wildman–Crippen LogP) is 2.86. The molecular weight excluding hydrogens is 309 g/mol. The molecule has 0 bridgehead atoms. The van der Waals surface area contributed by atoms with Crippen molar-refractivity contribution in [3.05, 3.63) is 35.6 Å². The number of amides is 1. The average Bonchev–Trinajstić information content (AvgIpc) is 2.59. The van der Waals surface area contributed by atoms with E-state index in [2.05, 4.69) is 19.2 Å². The summed E-state index contributed by atoms with van der Waals surface area (Å²) in [4.78, 5) is 12.4. The maximum Gasteiger partial charge on any atom is 0.220 e. The number of ether oxygens (including phenoxy) is 1. The highest BCUT2D eigenvalue weighted by Crippen LogP contribution is 2.30. The molecule has 1 amide bonds. The molecule has 134 valence electrons. The number of hydrogen-bond acceptors (Lipinski definition) is 3. The van der Waals surface area contributed by atoms with Crippen molar-refractivity contribution in [2.75, 3.05) is 26.4 Å². The van der Waals surface area contributed by atoms with E-state index in [9.17, 15) is 14.3 Å². The lowest BCUT2D eigenvalue weighted by Gasteiger charge is -2.35. The third-order valence-electron chi connectivity index (χ3n) is 5.06. The van der Waals surface area contributed by atoms with Gasteiger partial charge < -0.3 is 15.2 Å². The first-order valence-electron chi connectivity index (χ1n) is 8.66. The van der Waals surface area contributed by atoms with Gasteiger partial charge in [0, 0.05) is 31.6 Å². The molecule has 2 rings (SSSR count). The maximum absolute atomic E-state index is 13.1.